The van der Waals surface area contributed by atoms with Crippen molar-refractivity contribution in [3.05, 3.63) is 42.3 Å². The Morgan fingerprint density at radius 2 is 1.74 bits per heavy atom. The average molecular weight is 281 g/mol. The van der Waals surface area contributed by atoms with Gasteiger partial charge in [0.1, 0.15) is 5.60 Å². The number of halogens is 5. The van der Waals surface area contributed by atoms with Gasteiger partial charge in [-0.15, -0.1) is 0 Å². The molecule has 0 amide bonds. The van der Waals surface area contributed by atoms with Crippen LogP contribution in [0.5, 0.6) is 0 Å². The number of alkyl halides is 5. The third-order valence-corrected chi connectivity index (χ3v) is 2.96. The molecule has 0 aliphatic carbocycles. The van der Waals surface area contributed by atoms with E-state index in [0.29, 0.717) is 6.07 Å². The molecule has 1 N–H and O–H groups in total. The predicted octanol–water partition coefficient (Wildman–Crippen LogP) is 3.86. The lowest BCUT2D eigenvalue weighted by atomic mass is 9.89. The Morgan fingerprint density at radius 3 is 2.21 bits per heavy atom. The van der Waals surface area contributed by atoms with Crippen LogP contribution in [0.1, 0.15) is 24.5 Å². The standard InChI is InChI=1S/C13H14F5O/c1-3-11(2,19)12(14,15)8-9-5-4-6-10(7-9)13(16,17)18/h4-7,19H,1,3,8H2,2H3. The second-order valence-electron chi connectivity index (χ2n) is 4.60. The van der Waals surface area contributed by atoms with Crippen molar-refractivity contribution in [3.63, 3.8) is 0 Å². The van der Waals surface area contributed by atoms with E-state index in [0.717, 1.165) is 19.1 Å². The highest BCUT2D eigenvalue weighted by molar-refractivity contribution is 5.27. The van der Waals surface area contributed by atoms with Crippen LogP contribution >= 0.6 is 0 Å². The van der Waals surface area contributed by atoms with Crippen LogP contribution in [0.4, 0.5) is 22.0 Å². The van der Waals surface area contributed by atoms with E-state index in [9.17, 15) is 27.1 Å². The highest BCUT2D eigenvalue weighted by atomic mass is 19.4. The SMILES string of the molecule is [CH2]CC(C)(O)C(F)(F)Cc1cccc(C(F)(F)F)c1. The van der Waals surface area contributed by atoms with Gasteiger partial charge in [-0.3, -0.25) is 0 Å². The summed E-state index contributed by atoms with van der Waals surface area (Å²) in [6.07, 6.45) is -6.00. The van der Waals surface area contributed by atoms with Crippen LogP contribution in [-0.2, 0) is 12.6 Å². The number of hydrogen-bond acceptors (Lipinski definition) is 1. The summed E-state index contributed by atoms with van der Waals surface area (Å²) in [5.41, 5.74) is -3.54. The highest BCUT2D eigenvalue weighted by Gasteiger charge is 2.47. The van der Waals surface area contributed by atoms with Crippen LogP contribution < -0.4 is 0 Å². The highest BCUT2D eigenvalue weighted by Crippen LogP contribution is 2.36. The van der Waals surface area contributed by atoms with Crippen LogP contribution in [0.25, 0.3) is 0 Å². The fraction of sp³-hybridized carbons (Fsp3) is 0.462. The molecule has 19 heavy (non-hydrogen) atoms. The van der Waals surface area contributed by atoms with Crippen LogP contribution in [0.2, 0.25) is 0 Å². The Balaban J connectivity index is 3.01. The molecule has 0 bridgehead atoms. The van der Waals surface area contributed by atoms with Crippen LogP contribution in [0.15, 0.2) is 24.3 Å². The zero-order valence-electron chi connectivity index (χ0n) is 10.3. The van der Waals surface area contributed by atoms with Gasteiger partial charge in [0.2, 0.25) is 0 Å². The molecule has 1 unspecified atom stereocenters. The third kappa shape index (κ3) is 3.65. The van der Waals surface area contributed by atoms with Gasteiger partial charge in [-0.1, -0.05) is 25.1 Å². The Morgan fingerprint density at radius 1 is 1.16 bits per heavy atom. The minimum atomic E-state index is -4.58. The van der Waals surface area contributed by atoms with Crippen molar-refractivity contribution in [2.75, 3.05) is 0 Å². The van der Waals surface area contributed by atoms with Gasteiger partial charge in [0.15, 0.2) is 0 Å². The molecule has 107 valence electrons. The molecule has 1 rings (SSSR count). The van der Waals surface area contributed by atoms with Crippen LogP contribution in [0.3, 0.4) is 0 Å². The minimum absolute atomic E-state index is 0.187. The van der Waals surface area contributed by atoms with Crippen LogP contribution in [-0.4, -0.2) is 16.6 Å². The van der Waals surface area contributed by atoms with Gasteiger partial charge in [-0.2, -0.15) is 13.2 Å². The van der Waals surface area contributed by atoms with E-state index in [1.54, 1.807) is 0 Å². The summed E-state index contributed by atoms with van der Waals surface area (Å²) in [5, 5.41) is 9.51. The smallest absolute Gasteiger partial charge is 0.384 e. The summed E-state index contributed by atoms with van der Waals surface area (Å²) >= 11 is 0. The van der Waals surface area contributed by atoms with E-state index in [1.165, 1.54) is 6.07 Å². The molecule has 1 radical (unpaired) electrons. The van der Waals surface area contributed by atoms with Crippen molar-refractivity contribution >= 4 is 0 Å². The minimum Gasteiger partial charge on any atom is -0.384 e. The van der Waals surface area contributed by atoms with E-state index in [-0.39, 0.29) is 5.56 Å². The van der Waals surface area contributed by atoms with Crippen molar-refractivity contribution in [2.24, 2.45) is 0 Å². The molecule has 0 heterocycles. The summed E-state index contributed by atoms with van der Waals surface area (Å²) in [4.78, 5) is 0. The normalized spacial score (nSPS) is 16.2. The van der Waals surface area contributed by atoms with E-state index >= 15 is 0 Å². The fourth-order valence-corrected chi connectivity index (χ4v) is 1.49. The summed E-state index contributed by atoms with van der Waals surface area (Å²) in [7, 11) is 0. The Labute approximate surface area is 108 Å². The maximum atomic E-state index is 13.7. The molecule has 0 saturated heterocycles. The van der Waals surface area contributed by atoms with Gasteiger partial charge in [0.05, 0.1) is 5.56 Å². The summed E-state index contributed by atoms with van der Waals surface area (Å²) < 4.78 is 64.9. The van der Waals surface area contributed by atoms with E-state index in [4.69, 9.17) is 0 Å². The topological polar surface area (TPSA) is 20.2 Å². The second-order valence-corrected chi connectivity index (χ2v) is 4.60. The third-order valence-electron chi connectivity index (χ3n) is 2.96. The number of benzene rings is 1. The molecule has 0 saturated carbocycles. The largest absolute Gasteiger partial charge is 0.416 e. The van der Waals surface area contributed by atoms with Crippen molar-refractivity contribution in [1.29, 1.82) is 0 Å². The molecule has 0 fully saturated rings. The molecule has 0 aliphatic heterocycles. The Hall–Kier alpha value is -1.17. The van der Waals surface area contributed by atoms with E-state index in [2.05, 4.69) is 6.92 Å². The van der Waals surface area contributed by atoms with Gasteiger partial charge in [0.25, 0.3) is 5.92 Å². The molecule has 0 spiro atoms. The lowest BCUT2D eigenvalue weighted by Gasteiger charge is -2.31. The van der Waals surface area contributed by atoms with Gasteiger partial charge in [0, 0.05) is 6.42 Å². The summed E-state index contributed by atoms with van der Waals surface area (Å²) in [5.74, 6) is -3.56. The predicted molar refractivity (Wildman–Crippen MR) is 60.7 cm³/mol. The van der Waals surface area contributed by atoms with Gasteiger partial charge in [-0.05, 0) is 25.0 Å². The molecule has 1 aromatic carbocycles. The van der Waals surface area contributed by atoms with Crippen molar-refractivity contribution in [3.8, 4) is 0 Å². The summed E-state index contributed by atoms with van der Waals surface area (Å²) in [6, 6.07) is 3.70. The number of aliphatic hydroxyl groups is 1. The molecule has 0 aliphatic rings. The maximum Gasteiger partial charge on any atom is 0.416 e. The molecular weight excluding hydrogens is 267 g/mol. The molecule has 0 aromatic heterocycles. The lowest BCUT2D eigenvalue weighted by Crippen LogP contribution is -2.46. The van der Waals surface area contributed by atoms with Crippen molar-refractivity contribution in [1.82, 2.24) is 0 Å². The van der Waals surface area contributed by atoms with Gasteiger partial charge >= 0.3 is 6.18 Å². The monoisotopic (exact) mass is 281 g/mol. The molecular formula is C13H14F5O. The maximum absolute atomic E-state index is 13.7. The molecule has 1 nitrogen and oxygen atoms in total. The van der Waals surface area contributed by atoms with Crippen molar-refractivity contribution < 1.29 is 27.1 Å². The average Bonchev–Trinajstić information content (AvgIpc) is 2.27. The summed E-state index contributed by atoms with van der Waals surface area (Å²) in [6.45, 7) is 4.12. The van der Waals surface area contributed by atoms with E-state index in [1.807, 2.05) is 0 Å². The molecule has 6 heteroatoms. The Bertz CT molecular complexity index is 437. The van der Waals surface area contributed by atoms with Crippen LogP contribution in [0, 0.1) is 6.92 Å². The molecule has 1 aromatic rings. The number of hydrogen-bond donors (Lipinski definition) is 1. The second kappa shape index (κ2) is 5.07. The first-order valence-electron chi connectivity index (χ1n) is 5.55. The first-order valence-corrected chi connectivity index (χ1v) is 5.55. The van der Waals surface area contributed by atoms with Gasteiger partial charge < -0.3 is 5.11 Å². The first-order chi connectivity index (χ1) is 8.49. The zero-order valence-corrected chi connectivity index (χ0v) is 10.3. The quantitative estimate of drug-likeness (QED) is 0.831. The molecule has 1 atom stereocenters. The first kappa shape index (κ1) is 15.9. The van der Waals surface area contributed by atoms with E-state index < -0.39 is 36.1 Å². The van der Waals surface area contributed by atoms with Gasteiger partial charge in [-0.25, -0.2) is 8.78 Å². The Kier molecular flexibility index (Phi) is 4.24. The fourth-order valence-electron chi connectivity index (χ4n) is 1.49. The van der Waals surface area contributed by atoms with Crippen molar-refractivity contribution in [2.45, 2.75) is 37.5 Å². The zero-order chi connectivity index (χ0) is 14.9. The lowest BCUT2D eigenvalue weighted by molar-refractivity contribution is -0.169. The number of rotatable bonds is 4.